The van der Waals surface area contributed by atoms with E-state index in [0.717, 1.165) is 4.68 Å². The predicted molar refractivity (Wildman–Crippen MR) is 97.9 cm³/mol. The van der Waals surface area contributed by atoms with E-state index in [1.54, 1.807) is 18.3 Å². The second-order valence-corrected chi connectivity index (χ2v) is 6.51. The number of thioether (sulfide) groups is 1. The molecule has 3 rings (SSSR count). The monoisotopic (exact) mass is 392 g/mol. The normalized spacial score (nSPS) is 12.2. The maximum absolute atomic E-state index is 13.7. The van der Waals surface area contributed by atoms with Crippen LogP contribution in [-0.2, 0) is 0 Å². The van der Waals surface area contributed by atoms with Gasteiger partial charge in [-0.25, -0.2) is 19.0 Å². The van der Waals surface area contributed by atoms with Gasteiger partial charge in [0.2, 0.25) is 0 Å². The Labute approximate surface area is 157 Å². The Morgan fingerprint density at radius 3 is 2.81 bits per heavy atom. The number of aromatic nitrogens is 4. The molecule has 1 aromatic carbocycles. The van der Waals surface area contributed by atoms with Crippen LogP contribution in [0.1, 0.15) is 11.6 Å². The molecule has 1 N–H and O–H groups in total. The van der Waals surface area contributed by atoms with Crippen molar-refractivity contribution in [2.75, 3.05) is 12.9 Å². The molecule has 0 radical (unpaired) electrons. The van der Waals surface area contributed by atoms with Gasteiger partial charge in [0.05, 0.1) is 23.5 Å². The molecule has 0 bridgehead atoms. The van der Waals surface area contributed by atoms with Gasteiger partial charge in [0.25, 0.3) is 5.56 Å². The molecule has 0 aliphatic heterocycles. The van der Waals surface area contributed by atoms with Crippen molar-refractivity contribution < 1.29 is 9.50 Å². The van der Waals surface area contributed by atoms with Crippen LogP contribution >= 0.6 is 23.4 Å². The number of benzene rings is 1. The van der Waals surface area contributed by atoms with Crippen molar-refractivity contribution in [3.8, 4) is 11.3 Å². The molecule has 2 aromatic heterocycles. The molecule has 0 amide bonds. The van der Waals surface area contributed by atoms with Gasteiger partial charge < -0.3 is 5.11 Å². The van der Waals surface area contributed by atoms with Crippen LogP contribution < -0.4 is 5.56 Å². The van der Waals surface area contributed by atoms with Gasteiger partial charge in [-0.3, -0.25) is 4.79 Å². The molecular weight excluding hydrogens is 379 g/mol. The van der Waals surface area contributed by atoms with Crippen LogP contribution in [-0.4, -0.2) is 37.7 Å². The summed E-state index contributed by atoms with van der Waals surface area (Å²) in [7, 11) is 0. The highest BCUT2D eigenvalue weighted by Crippen LogP contribution is 2.22. The lowest BCUT2D eigenvalue weighted by Gasteiger charge is -2.17. The molecule has 0 saturated heterocycles. The van der Waals surface area contributed by atoms with E-state index in [4.69, 9.17) is 11.6 Å². The average molecular weight is 393 g/mol. The predicted octanol–water partition coefficient (Wildman–Crippen LogP) is 2.80. The maximum atomic E-state index is 13.7. The Bertz CT molecular complexity index is 998. The lowest BCUT2D eigenvalue weighted by atomic mass is 10.1. The SMILES string of the molecule is CSc1nccc(-c2cnn(C(CO)c3ccc(Cl)c(F)c3)c(=O)c2)n1. The molecule has 0 fully saturated rings. The van der Waals surface area contributed by atoms with Crippen LogP contribution in [0.25, 0.3) is 11.3 Å². The van der Waals surface area contributed by atoms with E-state index in [2.05, 4.69) is 15.1 Å². The Morgan fingerprint density at radius 2 is 2.15 bits per heavy atom. The molecule has 26 heavy (non-hydrogen) atoms. The first kappa shape index (κ1) is 18.5. The fourth-order valence-corrected chi connectivity index (χ4v) is 2.91. The molecule has 3 aromatic rings. The van der Waals surface area contributed by atoms with Gasteiger partial charge in [-0.05, 0) is 30.0 Å². The quantitative estimate of drug-likeness (QED) is 0.531. The third-order valence-electron chi connectivity index (χ3n) is 3.73. The van der Waals surface area contributed by atoms with Crippen molar-refractivity contribution in [1.82, 2.24) is 19.7 Å². The van der Waals surface area contributed by atoms with Crippen molar-refractivity contribution >= 4 is 23.4 Å². The highest BCUT2D eigenvalue weighted by Gasteiger charge is 2.17. The lowest BCUT2D eigenvalue weighted by molar-refractivity contribution is 0.236. The van der Waals surface area contributed by atoms with Gasteiger partial charge in [-0.15, -0.1) is 0 Å². The third kappa shape index (κ3) is 3.77. The number of hydrogen-bond acceptors (Lipinski definition) is 6. The van der Waals surface area contributed by atoms with Crippen molar-refractivity contribution in [1.29, 1.82) is 0 Å². The topological polar surface area (TPSA) is 80.9 Å². The van der Waals surface area contributed by atoms with Crippen LogP contribution in [0.15, 0.2) is 52.7 Å². The highest BCUT2D eigenvalue weighted by atomic mass is 35.5. The zero-order valence-corrected chi connectivity index (χ0v) is 15.2. The molecule has 0 aliphatic carbocycles. The summed E-state index contributed by atoms with van der Waals surface area (Å²) >= 11 is 7.07. The largest absolute Gasteiger partial charge is 0.394 e. The molecule has 6 nitrogen and oxygen atoms in total. The fourth-order valence-electron chi connectivity index (χ4n) is 2.44. The zero-order chi connectivity index (χ0) is 18.7. The molecule has 0 aliphatic rings. The Hall–Kier alpha value is -2.29. The van der Waals surface area contributed by atoms with E-state index in [1.165, 1.54) is 36.2 Å². The van der Waals surface area contributed by atoms with E-state index in [1.807, 2.05) is 6.26 Å². The molecule has 0 saturated carbocycles. The molecular formula is C17H14ClFN4O2S. The molecule has 9 heteroatoms. The minimum atomic E-state index is -0.824. The van der Waals surface area contributed by atoms with Gasteiger partial charge in [-0.2, -0.15) is 5.10 Å². The van der Waals surface area contributed by atoms with Crippen LogP contribution in [0.4, 0.5) is 4.39 Å². The molecule has 1 atom stereocenters. The van der Waals surface area contributed by atoms with Crippen LogP contribution in [0, 0.1) is 5.82 Å². The molecule has 134 valence electrons. The first-order chi connectivity index (χ1) is 12.5. The fraction of sp³-hybridized carbons (Fsp3) is 0.176. The van der Waals surface area contributed by atoms with Gasteiger partial charge in [0, 0.05) is 17.8 Å². The van der Waals surface area contributed by atoms with Crippen LogP contribution in [0.2, 0.25) is 5.02 Å². The maximum Gasteiger partial charge on any atom is 0.268 e. The first-order valence-corrected chi connectivity index (χ1v) is 9.16. The van der Waals surface area contributed by atoms with Crippen LogP contribution in [0.3, 0.4) is 0 Å². The minimum Gasteiger partial charge on any atom is -0.394 e. The molecule has 1 unspecified atom stereocenters. The number of aliphatic hydroxyl groups is 1. The van der Waals surface area contributed by atoms with E-state index >= 15 is 0 Å². The summed E-state index contributed by atoms with van der Waals surface area (Å²) < 4.78 is 14.8. The summed E-state index contributed by atoms with van der Waals surface area (Å²) in [6.45, 7) is -0.419. The zero-order valence-electron chi connectivity index (χ0n) is 13.6. The lowest BCUT2D eigenvalue weighted by Crippen LogP contribution is -2.29. The Morgan fingerprint density at radius 1 is 1.35 bits per heavy atom. The summed E-state index contributed by atoms with van der Waals surface area (Å²) in [5.41, 5.74) is 1.05. The average Bonchev–Trinajstić information content (AvgIpc) is 2.66. The standard InChI is InChI=1S/C17H14ClFN4O2S/c1-26-17-20-5-4-14(22-17)11-7-16(25)23(21-8-11)15(9-24)10-2-3-12(18)13(19)6-10/h2-8,15,24H,9H2,1H3. The van der Waals surface area contributed by atoms with Crippen molar-refractivity contribution in [3.63, 3.8) is 0 Å². The summed E-state index contributed by atoms with van der Waals surface area (Å²) in [5.74, 6) is -0.627. The first-order valence-electron chi connectivity index (χ1n) is 7.55. The summed E-state index contributed by atoms with van der Waals surface area (Å²) in [6.07, 6.45) is 4.93. The number of hydrogen-bond donors (Lipinski definition) is 1. The van der Waals surface area contributed by atoms with E-state index < -0.39 is 24.0 Å². The number of nitrogens with zero attached hydrogens (tertiary/aromatic N) is 4. The molecule has 2 heterocycles. The van der Waals surface area contributed by atoms with Crippen molar-refractivity contribution in [2.45, 2.75) is 11.2 Å². The number of rotatable bonds is 5. The Kier molecular flexibility index (Phi) is 5.65. The number of aliphatic hydroxyl groups excluding tert-OH is 1. The summed E-state index contributed by atoms with van der Waals surface area (Å²) in [4.78, 5) is 20.9. The second kappa shape index (κ2) is 7.94. The van der Waals surface area contributed by atoms with E-state index in [-0.39, 0.29) is 5.02 Å². The van der Waals surface area contributed by atoms with Crippen molar-refractivity contribution in [3.05, 3.63) is 69.5 Å². The van der Waals surface area contributed by atoms with E-state index in [9.17, 15) is 14.3 Å². The molecule has 0 spiro atoms. The smallest absolute Gasteiger partial charge is 0.268 e. The number of halogens is 2. The van der Waals surface area contributed by atoms with E-state index in [0.29, 0.717) is 22.0 Å². The highest BCUT2D eigenvalue weighted by molar-refractivity contribution is 7.98. The van der Waals surface area contributed by atoms with Gasteiger partial charge >= 0.3 is 0 Å². The Balaban J connectivity index is 2.00. The van der Waals surface area contributed by atoms with Crippen LogP contribution in [0.5, 0.6) is 0 Å². The van der Waals surface area contributed by atoms with Crippen molar-refractivity contribution in [2.24, 2.45) is 0 Å². The third-order valence-corrected chi connectivity index (χ3v) is 4.60. The van der Waals surface area contributed by atoms with Gasteiger partial charge in [0.15, 0.2) is 5.16 Å². The second-order valence-electron chi connectivity index (χ2n) is 5.33. The van der Waals surface area contributed by atoms with Gasteiger partial charge in [0.1, 0.15) is 11.9 Å². The summed E-state index contributed by atoms with van der Waals surface area (Å²) in [6, 6.07) is 6.33. The van der Waals surface area contributed by atoms with Gasteiger partial charge in [-0.1, -0.05) is 29.4 Å². The summed E-state index contributed by atoms with van der Waals surface area (Å²) in [5, 5.41) is 14.4. The minimum absolute atomic E-state index is 0.0329.